The van der Waals surface area contributed by atoms with Crippen LogP contribution in [0.3, 0.4) is 0 Å². The molecule has 0 radical (unpaired) electrons. The molecule has 2 aliphatic rings. The molecule has 1 N–H and O–H groups in total. The number of amides is 1. The maximum absolute atomic E-state index is 13.5. The Morgan fingerprint density at radius 1 is 1.26 bits per heavy atom. The third-order valence-electron chi connectivity index (χ3n) is 6.58. The lowest BCUT2D eigenvalue weighted by Gasteiger charge is -2.37. The van der Waals surface area contributed by atoms with Crippen molar-refractivity contribution in [2.45, 2.75) is 57.1 Å². The molecule has 1 saturated heterocycles. The largest absolute Gasteiger partial charge is 0.382 e. The number of likely N-dealkylation sites (tertiary alicyclic amines) is 1. The highest BCUT2D eigenvalue weighted by molar-refractivity contribution is 6.00. The van der Waals surface area contributed by atoms with E-state index in [1.54, 1.807) is 19.1 Å². The predicted molar refractivity (Wildman–Crippen MR) is 119 cm³/mol. The molecule has 2 aromatic rings. The molecule has 2 unspecified atom stereocenters. The third kappa shape index (κ3) is 3.99. The van der Waals surface area contributed by atoms with Crippen molar-refractivity contribution in [2.24, 2.45) is 16.1 Å². The molecular weight excluding hydrogens is 394 g/mol. The Bertz CT molecular complexity index is 973. The van der Waals surface area contributed by atoms with Crippen molar-refractivity contribution in [2.75, 3.05) is 11.7 Å². The summed E-state index contributed by atoms with van der Waals surface area (Å²) in [6, 6.07) is 9.11. The highest BCUT2D eigenvalue weighted by Gasteiger charge is 2.44. The molecule has 1 saturated carbocycles. The molecule has 3 atom stereocenters. The molecular formula is C23H29N5O3. The van der Waals surface area contributed by atoms with Gasteiger partial charge in [0.2, 0.25) is 0 Å². The maximum atomic E-state index is 13.5. The molecule has 0 spiro atoms. The Morgan fingerprint density at radius 3 is 2.65 bits per heavy atom. The maximum Gasteiger partial charge on any atom is 0.256 e. The van der Waals surface area contributed by atoms with Crippen LogP contribution in [-0.4, -0.2) is 47.1 Å². The average molecular weight is 424 g/mol. The summed E-state index contributed by atoms with van der Waals surface area (Å²) in [5.41, 5.74) is 0.833. The van der Waals surface area contributed by atoms with Gasteiger partial charge < -0.3 is 14.5 Å². The zero-order valence-corrected chi connectivity index (χ0v) is 18.1. The van der Waals surface area contributed by atoms with Crippen LogP contribution >= 0.6 is 0 Å². The molecule has 2 heterocycles. The summed E-state index contributed by atoms with van der Waals surface area (Å²) < 4.78 is 5.52. The van der Waals surface area contributed by atoms with E-state index in [2.05, 4.69) is 35.7 Å². The summed E-state index contributed by atoms with van der Waals surface area (Å²) in [5, 5.41) is 23.9. The summed E-state index contributed by atoms with van der Waals surface area (Å²) >= 11 is 0. The second-order valence-electron chi connectivity index (χ2n) is 8.71. The number of aromatic nitrogens is 1. The summed E-state index contributed by atoms with van der Waals surface area (Å²) in [6.07, 6.45) is 3.76. The smallest absolute Gasteiger partial charge is 0.256 e. The van der Waals surface area contributed by atoms with Crippen molar-refractivity contribution < 1.29 is 14.4 Å². The first-order valence-corrected chi connectivity index (χ1v) is 10.7. The van der Waals surface area contributed by atoms with Gasteiger partial charge >= 0.3 is 0 Å². The van der Waals surface area contributed by atoms with Crippen LogP contribution < -0.4 is 5.12 Å². The fraction of sp³-hybridized carbons (Fsp3) is 0.478. The van der Waals surface area contributed by atoms with E-state index in [4.69, 9.17) is 4.52 Å². The van der Waals surface area contributed by atoms with Crippen LogP contribution in [0.2, 0.25) is 0 Å². The highest BCUT2D eigenvalue weighted by atomic mass is 16.5. The summed E-state index contributed by atoms with van der Waals surface area (Å²) in [7, 11) is 0. The van der Waals surface area contributed by atoms with E-state index >= 15 is 0 Å². The van der Waals surface area contributed by atoms with Crippen LogP contribution in [0.15, 0.2) is 45.1 Å². The second kappa shape index (κ2) is 8.26. The lowest BCUT2D eigenvalue weighted by Crippen LogP contribution is -2.45. The Labute approximate surface area is 182 Å². The molecule has 1 aliphatic carbocycles. The number of anilines is 1. The zero-order valence-electron chi connectivity index (χ0n) is 18.1. The van der Waals surface area contributed by atoms with E-state index in [0.29, 0.717) is 23.6 Å². The molecule has 2 fully saturated rings. The van der Waals surface area contributed by atoms with Crippen molar-refractivity contribution in [3.63, 3.8) is 0 Å². The topological polar surface area (TPSA) is 94.5 Å². The second-order valence-corrected chi connectivity index (χ2v) is 8.71. The van der Waals surface area contributed by atoms with Crippen LogP contribution in [0.1, 0.15) is 67.3 Å². The molecule has 8 heteroatoms. The van der Waals surface area contributed by atoms with Crippen LogP contribution in [0.4, 0.5) is 5.69 Å². The Morgan fingerprint density at radius 2 is 1.97 bits per heavy atom. The minimum atomic E-state index is -0.986. The lowest BCUT2D eigenvalue weighted by molar-refractivity contribution is 0.00594. The fourth-order valence-electron chi connectivity index (χ4n) is 4.38. The van der Waals surface area contributed by atoms with Crippen molar-refractivity contribution >= 4 is 25.0 Å². The van der Waals surface area contributed by atoms with Gasteiger partial charge in [-0.25, -0.2) is 0 Å². The van der Waals surface area contributed by atoms with Gasteiger partial charge in [0, 0.05) is 38.0 Å². The van der Waals surface area contributed by atoms with Gasteiger partial charge in [0.25, 0.3) is 5.91 Å². The van der Waals surface area contributed by atoms with E-state index in [1.807, 2.05) is 23.1 Å². The van der Waals surface area contributed by atoms with E-state index < -0.39 is 5.60 Å². The summed E-state index contributed by atoms with van der Waals surface area (Å²) in [4.78, 5) is 15.4. The SMILES string of the molecule is C=NN(N=C)c1ccccc1C(=O)N1CC(c2cc(C(C)(O)C3CC3)on2)CC[C@H]1C. The van der Waals surface area contributed by atoms with Crippen molar-refractivity contribution in [3.05, 3.63) is 47.3 Å². The number of aliphatic hydroxyl groups is 1. The Kier molecular flexibility index (Phi) is 5.66. The van der Waals surface area contributed by atoms with Crippen molar-refractivity contribution in [1.82, 2.24) is 10.1 Å². The molecule has 8 nitrogen and oxygen atoms in total. The van der Waals surface area contributed by atoms with Gasteiger partial charge in [-0.3, -0.25) is 4.79 Å². The van der Waals surface area contributed by atoms with E-state index in [9.17, 15) is 9.90 Å². The van der Waals surface area contributed by atoms with Gasteiger partial charge in [0.1, 0.15) is 5.60 Å². The number of carbonyl (C=O) groups excluding carboxylic acids is 1. The predicted octanol–water partition coefficient (Wildman–Crippen LogP) is 3.74. The quantitative estimate of drug-likeness (QED) is 0.541. The number of carbonyl (C=O) groups is 1. The average Bonchev–Trinajstić information content (AvgIpc) is 3.52. The molecule has 1 aliphatic heterocycles. The van der Waals surface area contributed by atoms with Crippen LogP contribution in [-0.2, 0) is 5.60 Å². The molecule has 31 heavy (non-hydrogen) atoms. The number of hydrogen-bond donors (Lipinski definition) is 1. The van der Waals surface area contributed by atoms with Crippen LogP contribution in [0.5, 0.6) is 0 Å². The number of para-hydroxylation sites is 1. The monoisotopic (exact) mass is 423 g/mol. The van der Waals surface area contributed by atoms with Crippen molar-refractivity contribution in [3.8, 4) is 0 Å². The number of nitrogens with zero attached hydrogens (tertiary/aromatic N) is 5. The van der Waals surface area contributed by atoms with Crippen molar-refractivity contribution in [1.29, 1.82) is 0 Å². The van der Waals surface area contributed by atoms with Gasteiger partial charge in [0.05, 0.1) is 16.9 Å². The molecule has 164 valence electrons. The molecule has 1 amide bonds. The summed E-state index contributed by atoms with van der Waals surface area (Å²) in [5.74, 6) is 0.690. The van der Waals surface area contributed by atoms with Gasteiger partial charge in [0.15, 0.2) is 5.76 Å². The number of benzene rings is 1. The number of piperidine rings is 1. The first kappa shape index (κ1) is 21.2. The van der Waals surface area contributed by atoms with Gasteiger partial charge in [-0.1, -0.05) is 17.3 Å². The first-order chi connectivity index (χ1) is 14.9. The third-order valence-corrected chi connectivity index (χ3v) is 6.58. The normalized spacial score (nSPS) is 23.1. The summed E-state index contributed by atoms with van der Waals surface area (Å²) in [6.45, 7) is 11.4. The highest BCUT2D eigenvalue weighted by Crippen LogP contribution is 2.46. The minimum Gasteiger partial charge on any atom is -0.382 e. The zero-order chi connectivity index (χ0) is 22.2. The first-order valence-electron chi connectivity index (χ1n) is 10.7. The fourth-order valence-corrected chi connectivity index (χ4v) is 4.38. The van der Waals surface area contributed by atoms with E-state index in [0.717, 1.165) is 31.4 Å². The van der Waals surface area contributed by atoms with Crippen LogP contribution in [0, 0.1) is 5.92 Å². The Hall–Kier alpha value is -3.00. The lowest BCUT2D eigenvalue weighted by atomic mass is 9.89. The van der Waals surface area contributed by atoms with E-state index in [1.165, 1.54) is 5.12 Å². The van der Waals surface area contributed by atoms with Gasteiger partial charge in [-0.15, -0.1) is 0 Å². The molecule has 0 bridgehead atoms. The minimum absolute atomic E-state index is 0.0472. The standard InChI is InChI=1S/C23H29N5O3/c1-15-9-10-16(19-13-21(31-26-19)23(2,30)17-11-12-17)14-27(15)22(29)18-7-5-6-8-20(18)28(24-3)25-4/h5-8,13,15-17,30H,3-4,9-12,14H2,1-2H3/t15-,16?,23?/m1/s1. The molecule has 4 rings (SSSR count). The van der Waals surface area contributed by atoms with Gasteiger partial charge in [-0.05, 0) is 57.6 Å². The Balaban J connectivity index is 1.56. The number of hydrazone groups is 2. The van der Waals surface area contributed by atoms with Crippen LogP contribution in [0.25, 0.3) is 0 Å². The van der Waals surface area contributed by atoms with Gasteiger partial charge in [-0.2, -0.15) is 15.3 Å². The van der Waals surface area contributed by atoms with E-state index in [-0.39, 0.29) is 23.8 Å². The number of hydrogen-bond acceptors (Lipinski definition) is 7. The number of rotatable bonds is 7. The molecule has 1 aromatic heterocycles. The molecule has 1 aromatic carbocycles.